The van der Waals surface area contributed by atoms with Gasteiger partial charge in [-0.3, -0.25) is 9.59 Å². The molecule has 0 aromatic heterocycles. The first kappa shape index (κ1) is 20.7. The van der Waals surface area contributed by atoms with Gasteiger partial charge < -0.3 is 15.5 Å². The summed E-state index contributed by atoms with van der Waals surface area (Å²) < 4.78 is 0. The topological polar surface area (TPSA) is 61.4 Å². The summed E-state index contributed by atoms with van der Waals surface area (Å²) in [4.78, 5) is 26.6. The highest BCUT2D eigenvalue weighted by Gasteiger charge is 2.34. The summed E-state index contributed by atoms with van der Waals surface area (Å²) >= 11 is 0. The normalized spacial score (nSPS) is 23.8. The van der Waals surface area contributed by atoms with E-state index in [-0.39, 0.29) is 24.2 Å². The van der Waals surface area contributed by atoms with E-state index >= 15 is 0 Å². The summed E-state index contributed by atoms with van der Waals surface area (Å²) in [5.74, 6) is 0.536. The number of hydrogen-bond donors (Lipinski definition) is 2. The molecule has 2 aliphatic rings. The lowest BCUT2D eigenvalue weighted by Crippen LogP contribution is -2.39. The second-order valence-corrected chi connectivity index (χ2v) is 7.29. The molecule has 1 aromatic carbocycles. The van der Waals surface area contributed by atoms with Crippen molar-refractivity contribution < 1.29 is 9.59 Å². The predicted octanol–water partition coefficient (Wildman–Crippen LogP) is 3.45. The van der Waals surface area contributed by atoms with Crippen LogP contribution in [0.15, 0.2) is 24.3 Å². The van der Waals surface area contributed by atoms with Gasteiger partial charge in [0.2, 0.25) is 5.91 Å². The molecule has 3 rings (SSSR count). The van der Waals surface area contributed by atoms with Crippen molar-refractivity contribution >= 4 is 29.9 Å². The Morgan fingerprint density at radius 3 is 2.42 bits per heavy atom. The van der Waals surface area contributed by atoms with Crippen molar-refractivity contribution in [3.8, 4) is 0 Å². The van der Waals surface area contributed by atoms with Gasteiger partial charge in [0.25, 0.3) is 5.91 Å². The Morgan fingerprint density at radius 2 is 1.81 bits per heavy atom. The number of carbonyl (C=O) groups is 2. The fourth-order valence-corrected chi connectivity index (χ4v) is 4.24. The number of amides is 2. The highest BCUT2D eigenvalue weighted by Crippen LogP contribution is 2.32. The highest BCUT2D eigenvalue weighted by atomic mass is 35.5. The third-order valence-electron chi connectivity index (χ3n) is 5.49. The SMILES string of the molecule is CCN(CC)C(=O)c1cccc(NC(=O)CC2CC3CCC(C2)N3)c1.Cl. The van der Waals surface area contributed by atoms with Crippen LogP contribution in [0.1, 0.15) is 56.3 Å². The van der Waals surface area contributed by atoms with Crippen LogP contribution in [0.25, 0.3) is 0 Å². The molecule has 6 heteroatoms. The third-order valence-corrected chi connectivity index (χ3v) is 5.49. The number of anilines is 1. The number of nitrogens with zero attached hydrogens (tertiary/aromatic N) is 1. The first-order chi connectivity index (χ1) is 12.1. The first-order valence-corrected chi connectivity index (χ1v) is 9.54. The smallest absolute Gasteiger partial charge is 0.253 e. The summed E-state index contributed by atoms with van der Waals surface area (Å²) in [6, 6.07) is 8.48. The van der Waals surface area contributed by atoms with Crippen LogP contribution in [0.2, 0.25) is 0 Å². The van der Waals surface area contributed by atoms with E-state index in [9.17, 15) is 9.59 Å². The monoisotopic (exact) mass is 379 g/mol. The molecule has 2 atom stereocenters. The van der Waals surface area contributed by atoms with Crippen molar-refractivity contribution in [2.75, 3.05) is 18.4 Å². The maximum atomic E-state index is 12.4. The van der Waals surface area contributed by atoms with Crippen LogP contribution < -0.4 is 10.6 Å². The Kier molecular flexibility index (Phi) is 7.47. The van der Waals surface area contributed by atoms with E-state index in [4.69, 9.17) is 0 Å². The largest absolute Gasteiger partial charge is 0.339 e. The molecule has 2 unspecified atom stereocenters. The van der Waals surface area contributed by atoms with Crippen LogP contribution in [0, 0.1) is 5.92 Å². The number of nitrogens with one attached hydrogen (secondary N) is 2. The predicted molar refractivity (Wildman–Crippen MR) is 107 cm³/mol. The van der Waals surface area contributed by atoms with Crippen molar-refractivity contribution in [3.63, 3.8) is 0 Å². The molecule has 1 aromatic rings. The number of benzene rings is 1. The number of rotatable bonds is 6. The van der Waals surface area contributed by atoms with Gasteiger partial charge >= 0.3 is 0 Å². The van der Waals surface area contributed by atoms with Crippen molar-refractivity contribution in [3.05, 3.63) is 29.8 Å². The van der Waals surface area contributed by atoms with E-state index < -0.39 is 0 Å². The van der Waals surface area contributed by atoms with Gasteiger partial charge in [-0.25, -0.2) is 0 Å². The summed E-state index contributed by atoms with van der Waals surface area (Å²) in [7, 11) is 0. The minimum Gasteiger partial charge on any atom is -0.339 e. The Bertz CT molecular complexity index is 621. The van der Waals surface area contributed by atoms with E-state index in [1.54, 1.807) is 17.0 Å². The van der Waals surface area contributed by atoms with Gasteiger partial charge in [-0.05, 0) is 63.6 Å². The second kappa shape index (κ2) is 9.38. The quantitative estimate of drug-likeness (QED) is 0.795. The minimum atomic E-state index is 0. The molecule has 0 saturated carbocycles. The van der Waals surface area contributed by atoms with Crippen LogP contribution in [0.4, 0.5) is 5.69 Å². The molecular formula is C20H30ClN3O2. The van der Waals surface area contributed by atoms with Crippen molar-refractivity contribution in [2.45, 2.75) is 58.0 Å². The Hall–Kier alpha value is -1.59. The lowest BCUT2D eigenvalue weighted by Gasteiger charge is -2.28. The average Bonchev–Trinajstić information content (AvgIpc) is 2.94. The van der Waals surface area contributed by atoms with E-state index in [0.717, 1.165) is 12.8 Å². The van der Waals surface area contributed by atoms with Crippen LogP contribution in [-0.4, -0.2) is 41.9 Å². The van der Waals surface area contributed by atoms with E-state index in [1.165, 1.54) is 12.8 Å². The molecule has 2 amide bonds. The van der Waals surface area contributed by atoms with Crippen LogP contribution in [0.3, 0.4) is 0 Å². The molecule has 0 spiro atoms. The molecule has 0 aliphatic carbocycles. The van der Waals surface area contributed by atoms with Gasteiger partial charge in [-0.15, -0.1) is 12.4 Å². The summed E-state index contributed by atoms with van der Waals surface area (Å²) in [6.07, 6.45) is 5.27. The van der Waals surface area contributed by atoms with Gasteiger partial charge in [0.1, 0.15) is 0 Å². The first-order valence-electron chi connectivity index (χ1n) is 9.54. The minimum absolute atomic E-state index is 0. The number of carbonyl (C=O) groups excluding carboxylic acids is 2. The summed E-state index contributed by atoms with van der Waals surface area (Å²) in [5.41, 5.74) is 1.33. The van der Waals surface area contributed by atoms with Gasteiger partial charge in [0, 0.05) is 42.8 Å². The highest BCUT2D eigenvalue weighted by molar-refractivity contribution is 5.97. The molecule has 5 nitrogen and oxygen atoms in total. The fourth-order valence-electron chi connectivity index (χ4n) is 4.24. The van der Waals surface area contributed by atoms with Crippen molar-refractivity contribution in [1.29, 1.82) is 0 Å². The van der Waals surface area contributed by atoms with Gasteiger partial charge in [-0.1, -0.05) is 6.07 Å². The van der Waals surface area contributed by atoms with Crippen molar-refractivity contribution in [2.24, 2.45) is 5.92 Å². The van der Waals surface area contributed by atoms with Crippen LogP contribution in [0.5, 0.6) is 0 Å². The summed E-state index contributed by atoms with van der Waals surface area (Å²) in [5, 5.41) is 6.59. The molecule has 144 valence electrons. The molecule has 2 aliphatic heterocycles. The molecule has 2 saturated heterocycles. The van der Waals surface area contributed by atoms with Gasteiger partial charge in [0.05, 0.1) is 0 Å². The molecule has 2 fully saturated rings. The molecule has 2 N–H and O–H groups in total. The van der Waals surface area contributed by atoms with Crippen LogP contribution >= 0.6 is 12.4 Å². The van der Waals surface area contributed by atoms with E-state index in [2.05, 4.69) is 10.6 Å². The average molecular weight is 380 g/mol. The molecule has 26 heavy (non-hydrogen) atoms. The lowest BCUT2D eigenvalue weighted by atomic mass is 9.89. The Morgan fingerprint density at radius 1 is 1.15 bits per heavy atom. The fraction of sp³-hybridized carbons (Fsp3) is 0.600. The zero-order chi connectivity index (χ0) is 17.8. The lowest BCUT2D eigenvalue weighted by molar-refractivity contribution is -0.117. The maximum Gasteiger partial charge on any atom is 0.253 e. The number of piperidine rings is 1. The molecule has 2 bridgehead atoms. The zero-order valence-electron chi connectivity index (χ0n) is 15.7. The van der Waals surface area contributed by atoms with Gasteiger partial charge in [0.15, 0.2) is 0 Å². The van der Waals surface area contributed by atoms with Crippen LogP contribution in [-0.2, 0) is 4.79 Å². The maximum absolute atomic E-state index is 12.4. The Balaban J connectivity index is 0.00000243. The second-order valence-electron chi connectivity index (χ2n) is 7.29. The number of hydrogen-bond acceptors (Lipinski definition) is 3. The standard InChI is InChI=1S/C20H29N3O2.ClH/c1-3-23(4-2)20(25)15-6-5-7-16(13-15)22-19(24)12-14-10-17-8-9-18(11-14)21-17;/h5-7,13-14,17-18,21H,3-4,8-12H2,1-2H3,(H,22,24);1H. The van der Waals surface area contributed by atoms with Gasteiger partial charge in [-0.2, -0.15) is 0 Å². The van der Waals surface area contributed by atoms with E-state index in [0.29, 0.717) is 48.8 Å². The summed E-state index contributed by atoms with van der Waals surface area (Å²) in [6.45, 7) is 5.31. The molecule has 0 radical (unpaired) electrons. The third kappa shape index (κ3) is 4.98. The van der Waals surface area contributed by atoms with Crippen molar-refractivity contribution in [1.82, 2.24) is 10.2 Å². The number of fused-ring (bicyclic) bond motifs is 2. The van der Waals surface area contributed by atoms with E-state index in [1.807, 2.05) is 26.0 Å². The number of halogens is 1. The zero-order valence-corrected chi connectivity index (χ0v) is 16.5. The molecular weight excluding hydrogens is 350 g/mol. The Labute approximate surface area is 162 Å². The molecule has 2 heterocycles.